The molecule has 3 aromatic heterocycles. The molecule has 3 heterocycles. The number of fused-ring (bicyclic) bond motifs is 1. The molecule has 0 amide bonds. The first-order valence-corrected chi connectivity index (χ1v) is 6.55. The minimum absolute atomic E-state index is 0.729. The summed E-state index contributed by atoms with van der Waals surface area (Å²) in [5.74, 6) is 1.61. The van der Waals surface area contributed by atoms with Gasteiger partial charge in [-0.25, -0.2) is 9.97 Å². The number of nitrogens with zero attached hydrogens (tertiary/aromatic N) is 3. The van der Waals surface area contributed by atoms with Crippen LogP contribution >= 0.6 is 0 Å². The van der Waals surface area contributed by atoms with Crippen LogP contribution in [-0.4, -0.2) is 14.5 Å². The van der Waals surface area contributed by atoms with Crippen LogP contribution in [0, 0.1) is 0 Å². The third kappa shape index (κ3) is 1.87. The predicted octanol–water partition coefficient (Wildman–Crippen LogP) is 3.26. The van der Waals surface area contributed by atoms with Gasteiger partial charge in [0.25, 0.3) is 0 Å². The van der Waals surface area contributed by atoms with Gasteiger partial charge in [-0.3, -0.25) is 4.57 Å². The number of aromatic nitrogens is 3. The highest BCUT2D eigenvalue weighted by Crippen LogP contribution is 2.26. The van der Waals surface area contributed by atoms with E-state index in [2.05, 4.69) is 9.97 Å². The van der Waals surface area contributed by atoms with Crippen molar-refractivity contribution in [1.29, 1.82) is 0 Å². The molecule has 0 aliphatic rings. The van der Waals surface area contributed by atoms with Gasteiger partial charge in [-0.2, -0.15) is 0 Å². The molecule has 2 N–H and O–H groups in total. The smallest absolute Gasteiger partial charge is 0.149 e. The fourth-order valence-electron chi connectivity index (χ4n) is 2.39. The van der Waals surface area contributed by atoms with Crippen LogP contribution in [0.5, 0.6) is 0 Å². The number of hydrogen-bond donors (Lipinski definition) is 1. The predicted molar refractivity (Wildman–Crippen MR) is 81.0 cm³/mol. The number of nitrogen functional groups attached to an aromatic ring is 1. The zero-order valence-electron chi connectivity index (χ0n) is 11.1. The lowest BCUT2D eigenvalue weighted by molar-refractivity contribution is 0.615. The lowest BCUT2D eigenvalue weighted by atomic mass is 10.2. The number of nitrogens with two attached hydrogens (primary N) is 1. The minimum Gasteiger partial charge on any atom is -0.464 e. The molecule has 0 atom stereocenters. The molecular formula is C16H12N4O. The maximum Gasteiger partial charge on any atom is 0.149 e. The summed E-state index contributed by atoms with van der Waals surface area (Å²) >= 11 is 0. The molecule has 5 nitrogen and oxygen atoms in total. The van der Waals surface area contributed by atoms with E-state index < -0.39 is 0 Å². The molecule has 0 aliphatic carbocycles. The largest absolute Gasteiger partial charge is 0.464 e. The van der Waals surface area contributed by atoms with Crippen molar-refractivity contribution in [2.24, 2.45) is 0 Å². The standard InChI is InChI=1S/C16H12N4O/c17-12-3-1-11(2-4-12)15-19-8-9-20(15)16-13-6-10-21-14(13)5-7-18-16/h1-10H,17H2. The Labute approximate surface area is 120 Å². The zero-order valence-corrected chi connectivity index (χ0v) is 11.1. The Balaban J connectivity index is 1.93. The van der Waals surface area contributed by atoms with Crippen molar-refractivity contribution < 1.29 is 4.42 Å². The molecule has 21 heavy (non-hydrogen) atoms. The van der Waals surface area contributed by atoms with Crippen molar-refractivity contribution in [2.45, 2.75) is 0 Å². The summed E-state index contributed by atoms with van der Waals surface area (Å²) in [7, 11) is 0. The van der Waals surface area contributed by atoms with Gasteiger partial charge in [0.1, 0.15) is 17.2 Å². The molecule has 0 fully saturated rings. The molecule has 4 rings (SSSR count). The van der Waals surface area contributed by atoms with E-state index in [9.17, 15) is 0 Å². The first-order valence-electron chi connectivity index (χ1n) is 6.55. The fourth-order valence-corrected chi connectivity index (χ4v) is 2.39. The van der Waals surface area contributed by atoms with Gasteiger partial charge >= 0.3 is 0 Å². The van der Waals surface area contributed by atoms with Crippen molar-refractivity contribution >= 4 is 16.7 Å². The molecule has 5 heteroatoms. The average molecular weight is 276 g/mol. The molecule has 0 spiro atoms. The second-order valence-electron chi connectivity index (χ2n) is 4.71. The summed E-state index contributed by atoms with van der Waals surface area (Å²) in [5.41, 5.74) is 8.25. The maximum absolute atomic E-state index is 5.74. The molecule has 0 radical (unpaired) electrons. The van der Waals surface area contributed by atoms with Crippen LogP contribution in [0.1, 0.15) is 0 Å². The zero-order chi connectivity index (χ0) is 14.2. The summed E-state index contributed by atoms with van der Waals surface area (Å²) in [6.45, 7) is 0. The lowest BCUT2D eigenvalue weighted by Gasteiger charge is -2.08. The molecule has 1 aromatic carbocycles. The van der Waals surface area contributed by atoms with E-state index in [1.165, 1.54) is 0 Å². The second-order valence-corrected chi connectivity index (χ2v) is 4.71. The first-order chi connectivity index (χ1) is 10.3. The Morgan fingerprint density at radius 3 is 2.67 bits per heavy atom. The third-order valence-electron chi connectivity index (χ3n) is 3.40. The number of furan rings is 1. The second kappa shape index (κ2) is 4.49. The maximum atomic E-state index is 5.74. The highest BCUT2D eigenvalue weighted by Gasteiger charge is 2.12. The van der Waals surface area contributed by atoms with Crippen LogP contribution in [0.2, 0.25) is 0 Å². The topological polar surface area (TPSA) is 69.9 Å². The molecule has 4 aromatic rings. The van der Waals surface area contributed by atoms with Crippen LogP contribution < -0.4 is 5.73 Å². The number of rotatable bonds is 2. The Morgan fingerprint density at radius 1 is 0.952 bits per heavy atom. The number of anilines is 1. The molecule has 0 aliphatic heterocycles. The van der Waals surface area contributed by atoms with Gasteiger partial charge in [-0.15, -0.1) is 0 Å². The Morgan fingerprint density at radius 2 is 1.81 bits per heavy atom. The molecule has 0 saturated heterocycles. The minimum atomic E-state index is 0.729. The number of imidazole rings is 1. The normalized spacial score (nSPS) is 11.0. The Bertz CT molecular complexity index is 905. The van der Waals surface area contributed by atoms with Crippen molar-refractivity contribution in [3.63, 3.8) is 0 Å². The van der Waals surface area contributed by atoms with Crippen LogP contribution in [0.4, 0.5) is 5.69 Å². The van der Waals surface area contributed by atoms with Crippen molar-refractivity contribution in [3.05, 3.63) is 61.3 Å². The summed E-state index contributed by atoms with van der Waals surface area (Å²) < 4.78 is 7.38. The quantitative estimate of drug-likeness (QED) is 0.570. The van der Waals surface area contributed by atoms with Gasteiger partial charge in [0.15, 0.2) is 0 Å². The fraction of sp³-hybridized carbons (Fsp3) is 0. The van der Waals surface area contributed by atoms with Crippen molar-refractivity contribution in [2.75, 3.05) is 5.73 Å². The van der Waals surface area contributed by atoms with Crippen LogP contribution in [0.15, 0.2) is 65.7 Å². The van der Waals surface area contributed by atoms with E-state index in [1.54, 1.807) is 18.7 Å². The highest BCUT2D eigenvalue weighted by molar-refractivity contribution is 5.84. The van der Waals surface area contributed by atoms with Crippen molar-refractivity contribution in [1.82, 2.24) is 14.5 Å². The van der Waals surface area contributed by atoms with E-state index in [0.717, 1.165) is 33.9 Å². The van der Waals surface area contributed by atoms with E-state index in [0.29, 0.717) is 0 Å². The molecular weight excluding hydrogens is 264 g/mol. The number of benzene rings is 1. The van der Waals surface area contributed by atoms with Gasteiger partial charge in [0.05, 0.1) is 11.6 Å². The monoisotopic (exact) mass is 276 g/mol. The summed E-state index contributed by atoms with van der Waals surface area (Å²) in [5, 5.41) is 0.951. The van der Waals surface area contributed by atoms with E-state index >= 15 is 0 Å². The van der Waals surface area contributed by atoms with Crippen LogP contribution in [0.3, 0.4) is 0 Å². The summed E-state index contributed by atoms with van der Waals surface area (Å²) in [4.78, 5) is 8.90. The number of pyridine rings is 1. The summed E-state index contributed by atoms with van der Waals surface area (Å²) in [6.07, 6.45) is 7.04. The molecule has 0 bridgehead atoms. The van der Waals surface area contributed by atoms with Crippen molar-refractivity contribution in [3.8, 4) is 17.2 Å². The van der Waals surface area contributed by atoms with Gasteiger partial charge < -0.3 is 10.2 Å². The van der Waals surface area contributed by atoms with Gasteiger partial charge in [-0.05, 0) is 36.4 Å². The number of hydrogen-bond acceptors (Lipinski definition) is 4. The van der Waals surface area contributed by atoms with Gasteiger partial charge in [-0.1, -0.05) is 0 Å². The van der Waals surface area contributed by atoms with Crippen LogP contribution in [-0.2, 0) is 0 Å². The Kier molecular flexibility index (Phi) is 2.50. The highest BCUT2D eigenvalue weighted by atomic mass is 16.3. The van der Waals surface area contributed by atoms with Gasteiger partial charge in [0, 0.05) is 29.8 Å². The SMILES string of the molecule is Nc1ccc(-c2nccn2-c2nccc3occc23)cc1. The first kappa shape index (κ1) is 11.7. The molecule has 0 unspecified atom stereocenters. The third-order valence-corrected chi connectivity index (χ3v) is 3.40. The lowest BCUT2D eigenvalue weighted by Crippen LogP contribution is -1.99. The van der Waals surface area contributed by atoms with E-state index in [1.807, 2.05) is 47.2 Å². The summed E-state index contributed by atoms with van der Waals surface area (Å²) in [6, 6.07) is 11.4. The Hall–Kier alpha value is -3.08. The van der Waals surface area contributed by atoms with E-state index in [-0.39, 0.29) is 0 Å². The van der Waals surface area contributed by atoms with Gasteiger partial charge in [0.2, 0.25) is 0 Å². The van der Waals surface area contributed by atoms with E-state index in [4.69, 9.17) is 10.2 Å². The molecule has 102 valence electrons. The molecule has 0 saturated carbocycles. The van der Waals surface area contributed by atoms with Crippen LogP contribution in [0.25, 0.3) is 28.2 Å². The average Bonchev–Trinajstić information content (AvgIpc) is 3.16.